The SMILES string of the molecule is CN=C(NCCn1cccn1)NCC1CCCS1.I. The predicted molar refractivity (Wildman–Crippen MR) is 92.5 cm³/mol. The van der Waals surface area contributed by atoms with E-state index in [9.17, 15) is 0 Å². The van der Waals surface area contributed by atoms with Crippen LogP contribution in [0.2, 0.25) is 0 Å². The smallest absolute Gasteiger partial charge is 0.191 e. The first-order valence-corrected chi connectivity index (χ1v) is 7.47. The molecular weight excluding hydrogens is 373 g/mol. The minimum absolute atomic E-state index is 0. The summed E-state index contributed by atoms with van der Waals surface area (Å²) >= 11 is 2.06. The van der Waals surface area contributed by atoms with Crippen LogP contribution in [0.3, 0.4) is 0 Å². The monoisotopic (exact) mass is 395 g/mol. The number of halogens is 1. The summed E-state index contributed by atoms with van der Waals surface area (Å²) in [4.78, 5) is 4.22. The van der Waals surface area contributed by atoms with E-state index in [4.69, 9.17) is 0 Å². The molecule has 1 aliphatic heterocycles. The molecule has 0 amide bonds. The first kappa shape index (κ1) is 16.6. The molecule has 5 nitrogen and oxygen atoms in total. The number of guanidine groups is 1. The lowest BCUT2D eigenvalue weighted by Crippen LogP contribution is -2.41. The summed E-state index contributed by atoms with van der Waals surface area (Å²) in [6.07, 6.45) is 6.43. The van der Waals surface area contributed by atoms with Crippen LogP contribution in [0.15, 0.2) is 23.5 Å². The minimum Gasteiger partial charge on any atom is -0.355 e. The van der Waals surface area contributed by atoms with Gasteiger partial charge in [0.05, 0.1) is 6.54 Å². The average Bonchev–Trinajstić information content (AvgIpc) is 3.06. The zero-order chi connectivity index (χ0) is 12.6. The highest BCUT2D eigenvalue weighted by molar-refractivity contribution is 14.0. The Balaban J connectivity index is 0.00000180. The van der Waals surface area contributed by atoms with E-state index in [1.165, 1.54) is 18.6 Å². The topological polar surface area (TPSA) is 54.2 Å². The van der Waals surface area contributed by atoms with Crippen LogP contribution in [0.1, 0.15) is 12.8 Å². The molecule has 1 saturated heterocycles. The van der Waals surface area contributed by atoms with Gasteiger partial charge < -0.3 is 10.6 Å². The molecule has 1 unspecified atom stereocenters. The van der Waals surface area contributed by atoms with Crippen molar-refractivity contribution in [3.63, 3.8) is 0 Å². The van der Waals surface area contributed by atoms with Gasteiger partial charge in [0, 0.05) is 37.8 Å². The highest BCUT2D eigenvalue weighted by Gasteiger charge is 2.15. The molecule has 0 aliphatic carbocycles. The molecule has 1 aromatic heterocycles. The number of rotatable bonds is 5. The van der Waals surface area contributed by atoms with Gasteiger partial charge in [-0.2, -0.15) is 16.9 Å². The summed E-state index contributed by atoms with van der Waals surface area (Å²) < 4.78 is 1.91. The number of nitrogens with one attached hydrogen (secondary N) is 2. The maximum absolute atomic E-state index is 4.22. The van der Waals surface area contributed by atoms with Gasteiger partial charge in [-0.1, -0.05) is 0 Å². The average molecular weight is 395 g/mol. The maximum atomic E-state index is 4.22. The zero-order valence-corrected chi connectivity index (χ0v) is 14.4. The first-order valence-electron chi connectivity index (χ1n) is 6.42. The Morgan fingerprint density at radius 2 is 2.42 bits per heavy atom. The Kier molecular flexibility index (Phi) is 8.27. The highest BCUT2D eigenvalue weighted by atomic mass is 127. The van der Waals surface area contributed by atoms with Gasteiger partial charge in [0.15, 0.2) is 5.96 Å². The second kappa shape index (κ2) is 9.46. The molecule has 7 heteroatoms. The normalized spacial score (nSPS) is 19.0. The number of aromatic nitrogens is 2. The molecule has 2 heterocycles. The summed E-state index contributed by atoms with van der Waals surface area (Å²) in [6.45, 7) is 2.69. The van der Waals surface area contributed by atoms with Crippen molar-refractivity contribution in [2.45, 2.75) is 24.6 Å². The fraction of sp³-hybridized carbons (Fsp3) is 0.667. The quantitative estimate of drug-likeness (QED) is 0.452. The second-order valence-electron chi connectivity index (χ2n) is 4.28. The molecule has 1 aliphatic rings. The number of nitrogens with zero attached hydrogens (tertiary/aromatic N) is 3. The molecule has 2 N–H and O–H groups in total. The van der Waals surface area contributed by atoms with Crippen LogP contribution in [-0.2, 0) is 6.54 Å². The zero-order valence-electron chi connectivity index (χ0n) is 11.2. The number of hydrogen-bond acceptors (Lipinski definition) is 3. The lowest BCUT2D eigenvalue weighted by atomic mass is 10.2. The molecule has 1 aromatic rings. The fourth-order valence-electron chi connectivity index (χ4n) is 1.96. The molecule has 1 fully saturated rings. The standard InChI is InChI=1S/C12H21N5S.HI/c1-13-12(15-10-11-4-2-9-18-11)14-6-8-17-7-3-5-16-17;/h3,5,7,11H,2,4,6,8-10H2,1H3,(H2,13,14,15);1H. The van der Waals surface area contributed by atoms with Gasteiger partial charge >= 0.3 is 0 Å². The summed E-state index contributed by atoms with van der Waals surface area (Å²) in [6, 6.07) is 1.93. The van der Waals surface area contributed by atoms with Crippen LogP contribution in [0.4, 0.5) is 0 Å². The third-order valence-corrected chi connectivity index (χ3v) is 4.34. The van der Waals surface area contributed by atoms with Crippen molar-refractivity contribution in [2.24, 2.45) is 4.99 Å². The van der Waals surface area contributed by atoms with E-state index in [1.54, 1.807) is 6.20 Å². The number of hydrogen-bond donors (Lipinski definition) is 2. The van der Waals surface area contributed by atoms with Crippen molar-refractivity contribution in [1.29, 1.82) is 0 Å². The summed E-state index contributed by atoms with van der Waals surface area (Å²) in [7, 11) is 1.81. The van der Waals surface area contributed by atoms with Gasteiger partial charge in [0.25, 0.3) is 0 Å². The Labute approximate surface area is 136 Å². The van der Waals surface area contributed by atoms with Crippen LogP contribution in [0.25, 0.3) is 0 Å². The maximum Gasteiger partial charge on any atom is 0.191 e. The van der Waals surface area contributed by atoms with E-state index in [-0.39, 0.29) is 24.0 Å². The van der Waals surface area contributed by atoms with Crippen molar-refractivity contribution >= 4 is 41.7 Å². The van der Waals surface area contributed by atoms with E-state index in [1.807, 2.05) is 24.0 Å². The van der Waals surface area contributed by atoms with Gasteiger partial charge in [-0.3, -0.25) is 9.67 Å². The minimum atomic E-state index is 0. The van der Waals surface area contributed by atoms with Crippen LogP contribution in [0, 0.1) is 0 Å². The molecule has 2 rings (SSSR count). The summed E-state index contributed by atoms with van der Waals surface area (Å²) in [5.74, 6) is 2.19. The largest absolute Gasteiger partial charge is 0.355 e. The summed E-state index contributed by atoms with van der Waals surface area (Å²) in [5, 5.41) is 11.6. The Bertz CT molecular complexity index is 362. The van der Waals surface area contributed by atoms with Crippen LogP contribution in [0.5, 0.6) is 0 Å². The third-order valence-electron chi connectivity index (χ3n) is 2.94. The van der Waals surface area contributed by atoms with E-state index in [0.717, 1.165) is 30.8 Å². The molecule has 1 atom stereocenters. The van der Waals surface area contributed by atoms with Gasteiger partial charge in [-0.25, -0.2) is 0 Å². The molecule has 0 saturated carbocycles. The number of aliphatic imine (C=N–C) groups is 1. The van der Waals surface area contributed by atoms with Gasteiger partial charge in [0.1, 0.15) is 0 Å². The molecule has 19 heavy (non-hydrogen) atoms. The highest BCUT2D eigenvalue weighted by Crippen LogP contribution is 2.25. The number of thioether (sulfide) groups is 1. The van der Waals surface area contributed by atoms with Crippen molar-refractivity contribution in [3.05, 3.63) is 18.5 Å². The lowest BCUT2D eigenvalue weighted by Gasteiger charge is -2.14. The Morgan fingerprint density at radius 1 is 1.53 bits per heavy atom. The predicted octanol–water partition coefficient (Wildman–Crippen LogP) is 1.56. The third kappa shape index (κ3) is 6.03. The van der Waals surface area contributed by atoms with Gasteiger partial charge in [0.2, 0.25) is 0 Å². The molecule has 0 bridgehead atoms. The van der Waals surface area contributed by atoms with E-state index >= 15 is 0 Å². The van der Waals surface area contributed by atoms with Gasteiger partial charge in [-0.05, 0) is 24.7 Å². The molecular formula is C12H22IN5S. The second-order valence-corrected chi connectivity index (χ2v) is 5.69. The molecule has 0 spiro atoms. The van der Waals surface area contributed by atoms with Crippen LogP contribution < -0.4 is 10.6 Å². The van der Waals surface area contributed by atoms with Crippen molar-refractivity contribution in [1.82, 2.24) is 20.4 Å². The van der Waals surface area contributed by atoms with Gasteiger partial charge in [-0.15, -0.1) is 24.0 Å². The summed E-state index contributed by atoms with van der Waals surface area (Å²) in [5.41, 5.74) is 0. The Hall–Kier alpha value is -0.440. The van der Waals surface area contributed by atoms with E-state index in [2.05, 4.69) is 32.5 Å². The molecule has 0 radical (unpaired) electrons. The van der Waals surface area contributed by atoms with Crippen molar-refractivity contribution < 1.29 is 0 Å². The van der Waals surface area contributed by atoms with Crippen LogP contribution >= 0.6 is 35.7 Å². The first-order chi connectivity index (χ1) is 8.88. The van der Waals surface area contributed by atoms with Crippen molar-refractivity contribution in [3.8, 4) is 0 Å². The van der Waals surface area contributed by atoms with Crippen molar-refractivity contribution in [2.75, 3.05) is 25.9 Å². The fourth-order valence-corrected chi connectivity index (χ4v) is 3.16. The molecule has 108 valence electrons. The van der Waals surface area contributed by atoms with E-state index in [0.29, 0.717) is 0 Å². The van der Waals surface area contributed by atoms with Crippen LogP contribution in [-0.4, -0.2) is 46.9 Å². The molecule has 0 aromatic carbocycles. The van der Waals surface area contributed by atoms with E-state index < -0.39 is 0 Å². The lowest BCUT2D eigenvalue weighted by molar-refractivity contribution is 0.597. The Morgan fingerprint density at radius 3 is 3.05 bits per heavy atom.